The van der Waals surface area contributed by atoms with E-state index in [2.05, 4.69) is 37.2 Å². The van der Waals surface area contributed by atoms with Gasteiger partial charge in [-0.1, -0.05) is 31.9 Å². The van der Waals surface area contributed by atoms with Crippen LogP contribution in [0.3, 0.4) is 0 Å². The molecular formula is C13H17Br2NO3. The summed E-state index contributed by atoms with van der Waals surface area (Å²) in [6.45, 7) is 2.30. The van der Waals surface area contributed by atoms with E-state index in [1.54, 1.807) is 26.2 Å². The number of halogens is 2. The molecule has 0 heterocycles. The summed E-state index contributed by atoms with van der Waals surface area (Å²) in [5.74, 6) is -0.223. The van der Waals surface area contributed by atoms with E-state index in [1.807, 2.05) is 6.07 Å². The van der Waals surface area contributed by atoms with Crippen molar-refractivity contribution in [3.8, 4) is 0 Å². The molecule has 1 amide bonds. The minimum absolute atomic E-state index is 0.180. The molecular weight excluding hydrogens is 378 g/mol. The number of methoxy groups -OCH3 is 1. The highest BCUT2D eigenvalue weighted by molar-refractivity contribution is 9.11. The molecule has 6 heteroatoms. The molecule has 0 aliphatic rings. The summed E-state index contributed by atoms with van der Waals surface area (Å²) in [4.78, 5) is 12.0. The normalized spacial score (nSPS) is 13.9. The highest BCUT2D eigenvalue weighted by atomic mass is 79.9. The van der Waals surface area contributed by atoms with Gasteiger partial charge in [0, 0.05) is 41.2 Å². The largest absolute Gasteiger partial charge is 0.388 e. The lowest BCUT2D eigenvalue weighted by Crippen LogP contribution is -2.41. The first-order valence-corrected chi connectivity index (χ1v) is 7.38. The van der Waals surface area contributed by atoms with Crippen molar-refractivity contribution in [2.45, 2.75) is 18.9 Å². The lowest BCUT2D eigenvalue weighted by molar-refractivity contribution is 0.0243. The van der Waals surface area contributed by atoms with E-state index in [-0.39, 0.29) is 12.5 Å². The first-order chi connectivity index (χ1) is 8.84. The zero-order valence-electron chi connectivity index (χ0n) is 10.9. The molecule has 0 fully saturated rings. The van der Waals surface area contributed by atoms with E-state index in [1.165, 1.54) is 0 Å². The van der Waals surface area contributed by atoms with Gasteiger partial charge >= 0.3 is 0 Å². The summed E-state index contributed by atoms with van der Waals surface area (Å²) in [6, 6.07) is 5.31. The van der Waals surface area contributed by atoms with Crippen LogP contribution in [0.25, 0.3) is 0 Å². The van der Waals surface area contributed by atoms with Crippen molar-refractivity contribution in [2.24, 2.45) is 0 Å². The van der Waals surface area contributed by atoms with Gasteiger partial charge in [-0.25, -0.2) is 0 Å². The smallest absolute Gasteiger partial charge is 0.251 e. The third kappa shape index (κ3) is 6.03. The van der Waals surface area contributed by atoms with E-state index in [0.717, 1.165) is 8.95 Å². The number of rotatable bonds is 6. The summed E-state index contributed by atoms with van der Waals surface area (Å²) in [5.41, 5.74) is -0.446. The Labute approximate surface area is 129 Å². The summed E-state index contributed by atoms with van der Waals surface area (Å²) >= 11 is 6.66. The zero-order chi connectivity index (χ0) is 14.5. The van der Waals surface area contributed by atoms with Crippen LogP contribution in [0.4, 0.5) is 0 Å². The second-order valence-electron chi connectivity index (χ2n) is 4.58. The Balaban J connectivity index is 2.60. The fraction of sp³-hybridized carbons (Fsp3) is 0.462. The van der Waals surface area contributed by atoms with Gasteiger partial charge in [0.05, 0.1) is 5.60 Å². The van der Waals surface area contributed by atoms with Crippen LogP contribution in [-0.4, -0.2) is 36.9 Å². The second kappa shape index (κ2) is 7.38. The monoisotopic (exact) mass is 393 g/mol. The van der Waals surface area contributed by atoms with Crippen LogP contribution >= 0.6 is 31.9 Å². The predicted octanol–water partition coefficient (Wildman–Crippen LogP) is 2.73. The Hall–Kier alpha value is -0.430. The Kier molecular flexibility index (Phi) is 6.46. The molecule has 0 aliphatic carbocycles. The first-order valence-electron chi connectivity index (χ1n) is 5.80. The van der Waals surface area contributed by atoms with Crippen molar-refractivity contribution in [3.63, 3.8) is 0 Å². The molecule has 0 aliphatic heterocycles. The average Bonchev–Trinajstić information content (AvgIpc) is 2.32. The first kappa shape index (κ1) is 16.6. The lowest BCUT2D eigenvalue weighted by Gasteiger charge is -2.23. The molecule has 1 rings (SSSR count). The highest BCUT2D eigenvalue weighted by Crippen LogP contribution is 2.20. The zero-order valence-corrected chi connectivity index (χ0v) is 14.0. The molecule has 4 nitrogen and oxygen atoms in total. The maximum atomic E-state index is 12.0. The Morgan fingerprint density at radius 3 is 2.47 bits per heavy atom. The van der Waals surface area contributed by atoms with Gasteiger partial charge in [0.25, 0.3) is 5.91 Å². The van der Waals surface area contributed by atoms with Crippen LogP contribution in [0.15, 0.2) is 27.1 Å². The van der Waals surface area contributed by atoms with Crippen molar-refractivity contribution in [1.29, 1.82) is 0 Å². The Morgan fingerprint density at radius 2 is 1.95 bits per heavy atom. The molecule has 1 aromatic carbocycles. The molecule has 1 aromatic rings. The van der Waals surface area contributed by atoms with E-state index in [9.17, 15) is 9.90 Å². The van der Waals surface area contributed by atoms with Crippen molar-refractivity contribution in [1.82, 2.24) is 5.32 Å². The SMILES string of the molecule is COCCC(C)(O)CNC(=O)c1cc(Br)cc(Br)c1. The summed E-state index contributed by atoms with van der Waals surface area (Å²) < 4.78 is 6.55. The van der Waals surface area contributed by atoms with Crippen LogP contribution in [0.2, 0.25) is 0 Å². The van der Waals surface area contributed by atoms with Crippen LogP contribution < -0.4 is 5.32 Å². The molecule has 1 unspecified atom stereocenters. The van der Waals surface area contributed by atoms with Gasteiger partial charge < -0.3 is 15.2 Å². The molecule has 0 saturated carbocycles. The number of nitrogens with one attached hydrogen (secondary N) is 1. The van der Waals surface area contributed by atoms with Crippen LogP contribution in [0.5, 0.6) is 0 Å². The fourth-order valence-electron chi connectivity index (χ4n) is 1.47. The van der Waals surface area contributed by atoms with Crippen molar-refractivity contribution >= 4 is 37.8 Å². The number of hydrogen-bond acceptors (Lipinski definition) is 3. The third-order valence-corrected chi connectivity index (χ3v) is 3.51. The molecule has 0 spiro atoms. The number of carbonyl (C=O) groups is 1. The molecule has 19 heavy (non-hydrogen) atoms. The van der Waals surface area contributed by atoms with Gasteiger partial charge in [-0.3, -0.25) is 4.79 Å². The van der Waals surface area contributed by atoms with E-state index in [0.29, 0.717) is 18.6 Å². The van der Waals surface area contributed by atoms with Crippen molar-refractivity contribution in [2.75, 3.05) is 20.3 Å². The van der Waals surface area contributed by atoms with Gasteiger partial charge in [-0.2, -0.15) is 0 Å². The average molecular weight is 395 g/mol. The highest BCUT2D eigenvalue weighted by Gasteiger charge is 2.21. The molecule has 1 atom stereocenters. The van der Waals surface area contributed by atoms with Gasteiger partial charge in [0.15, 0.2) is 0 Å². The van der Waals surface area contributed by atoms with Crippen molar-refractivity contribution < 1.29 is 14.6 Å². The Morgan fingerprint density at radius 1 is 1.37 bits per heavy atom. The molecule has 0 radical (unpaired) electrons. The minimum atomic E-state index is -0.977. The van der Waals surface area contributed by atoms with Gasteiger partial charge in [-0.15, -0.1) is 0 Å². The number of aliphatic hydroxyl groups is 1. The molecule has 0 aromatic heterocycles. The summed E-state index contributed by atoms with van der Waals surface area (Å²) in [5, 5.41) is 12.8. The standard InChI is InChI=1S/C13H17Br2NO3/c1-13(18,3-4-19-2)8-16-12(17)9-5-10(14)7-11(15)6-9/h5-7,18H,3-4,8H2,1-2H3,(H,16,17). The van der Waals surface area contributed by atoms with E-state index in [4.69, 9.17) is 4.74 Å². The van der Waals surface area contributed by atoms with Crippen molar-refractivity contribution in [3.05, 3.63) is 32.7 Å². The molecule has 0 saturated heterocycles. The number of amides is 1. The van der Waals surface area contributed by atoms with E-state index < -0.39 is 5.60 Å². The Bertz CT molecular complexity index is 429. The molecule has 106 valence electrons. The number of benzene rings is 1. The summed E-state index contributed by atoms with van der Waals surface area (Å²) in [6.07, 6.45) is 0.464. The van der Waals surface area contributed by atoms with E-state index >= 15 is 0 Å². The van der Waals surface area contributed by atoms with Crippen LogP contribution in [0, 0.1) is 0 Å². The summed E-state index contributed by atoms with van der Waals surface area (Å²) in [7, 11) is 1.58. The predicted molar refractivity (Wildman–Crippen MR) is 81.3 cm³/mol. The molecule has 0 bridgehead atoms. The number of hydrogen-bond donors (Lipinski definition) is 2. The number of carbonyl (C=O) groups excluding carboxylic acids is 1. The number of ether oxygens (including phenoxy) is 1. The van der Waals surface area contributed by atoms with Gasteiger partial charge in [0.1, 0.15) is 0 Å². The van der Waals surface area contributed by atoms with Crippen LogP contribution in [0.1, 0.15) is 23.7 Å². The second-order valence-corrected chi connectivity index (χ2v) is 6.41. The van der Waals surface area contributed by atoms with Gasteiger partial charge in [-0.05, 0) is 25.1 Å². The van der Waals surface area contributed by atoms with Crippen LogP contribution in [-0.2, 0) is 4.74 Å². The van der Waals surface area contributed by atoms with Gasteiger partial charge in [0.2, 0.25) is 0 Å². The maximum absolute atomic E-state index is 12.0. The maximum Gasteiger partial charge on any atom is 0.251 e. The topological polar surface area (TPSA) is 58.6 Å². The fourth-order valence-corrected chi connectivity index (χ4v) is 2.76. The molecule has 2 N–H and O–H groups in total. The lowest BCUT2D eigenvalue weighted by atomic mass is 10.0. The minimum Gasteiger partial charge on any atom is -0.388 e. The third-order valence-electron chi connectivity index (χ3n) is 2.60. The quantitative estimate of drug-likeness (QED) is 0.779.